The Morgan fingerprint density at radius 1 is 1.17 bits per heavy atom. The van der Waals surface area contributed by atoms with Crippen molar-refractivity contribution in [3.63, 3.8) is 0 Å². The van der Waals surface area contributed by atoms with E-state index in [1.54, 1.807) is 31.6 Å². The molecule has 0 aliphatic rings. The van der Waals surface area contributed by atoms with Gasteiger partial charge < -0.3 is 10.3 Å². The van der Waals surface area contributed by atoms with E-state index in [4.69, 9.17) is 5.73 Å². The smallest absolute Gasteiger partial charge is 0.250 e. The van der Waals surface area contributed by atoms with Crippen molar-refractivity contribution >= 4 is 17.2 Å². The second-order valence-electron chi connectivity index (χ2n) is 6.36. The van der Waals surface area contributed by atoms with Crippen LogP contribution in [-0.4, -0.2) is 25.4 Å². The molecule has 3 aromatic heterocycles. The van der Waals surface area contributed by atoms with Crippen molar-refractivity contribution in [3.8, 4) is 22.1 Å². The van der Waals surface area contributed by atoms with E-state index in [2.05, 4.69) is 15.0 Å². The van der Waals surface area contributed by atoms with Gasteiger partial charge in [-0.05, 0) is 30.7 Å². The molecule has 0 bridgehead atoms. The highest BCUT2D eigenvalue weighted by Gasteiger charge is 2.19. The fraction of sp³-hybridized carbons (Fsp3) is 0.100. The summed E-state index contributed by atoms with van der Waals surface area (Å²) in [7, 11) is 0. The van der Waals surface area contributed by atoms with Crippen LogP contribution in [0.4, 0.5) is 8.78 Å². The first-order valence-corrected chi connectivity index (χ1v) is 9.48. The summed E-state index contributed by atoms with van der Waals surface area (Å²) in [6, 6.07) is 5.37. The van der Waals surface area contributed by atoms with Crippen molar-refractivity contribution in [1.29, 1.82) is 0 Å². The lowest BCUT2D eigenvalue weighted by atomic mass is 10.2. The average Bonchev–Trinajstić information content (AvgIpc) is 3.31. The molecule has 29 heavy (non-hydrogen) atoms. The van der Waals surface area contributed by atoms with Crippen LogP contribution >= 0.6 is 11.3 Å². The molecule has 9 heteroatoms. The quantitative estimate of drug-likeness (QED) is 0.541. The van der Waals surface area contributed by atoms with Gasteiger partial charge in [0, 0.05) is 30.0 Å². The van der Waals surface area contributed by atoms with Crippen molar-refractivity contribution in [2.75, 3.05) is 0 Å². The van der Waals surface area contributed by atoms with E-state index in [0.29, 0.717) is 38.9 Å². The number of aromatic nitrogens is 4. The number of benzene rings is 1. The van der Waals surface area contributed by atoms with Crippen LogP contribution in [-0.2, 0) is 6.54 Å². The number of hydrogen-bond donors (Lipinski definition) is 1. The minimum atomic E-state index is -0.928. The summed E-state index contributed by atoms with van der Waals surface area (Å²) in [4.78, 5) is 24.8. The number of thiazole rings is 1. The van der Waals surface area contributed by atoms with Crippen LogP contribution in [0.25, 0.3) is 22.1 Å². The van der Waals surface area contributed by atoms with Crippen LogP contribution in [0.5, 0.6) is 0 Å². The topological polar surface area (TPSA) is 86.7 Å². The lowest BCUT2D eigenvalue weighted by Crippen LogP contribution is -2.13. The number of carbonyl (C=O) groups excluding carboxylic acids is 1. The maximum Gasteiger partial charge on any atom is 0.250 e. The molecule has 0 atom stereocenters. The van der Waals surface area contributed by atoms with Crippen molar-refractivity contribution in [1.82, 2.24) is 19.5 Å². The van der Waals surface area contributed by atoms with Gasteiger partial charge in [-0.25, -0.2) is 13.8 Å². The predicted octanol–water partition coefficient (Wildman–Crippen LogP) is 3.80. The lowest BCUT2D eigenvalue weighted by Gasteiger charge is -2.11. The zero-order chi connectivity index (χ0) is 20.5. The summed E-state index contributed by atoms with van der Waals surface area (Å²) in [5.41, 5.74) is 8.92. The third-order valence-corrected chi connectivity index (χ3v) is 5.37. The highest BCUT2D eigenvalue weighted by Crippen LogP contribution is 2.31. The Morgan fingerprint density at radius 2 is 2.00 bits per heavy atom. The lowest BCUT2D eigenvalue weighted by molar-refractivity contribution is 0.0999. The predicted molar refractivity (Wildman–Crippen MR) is 105 cm³/mol. The van der Waals surface area contributed by atoms with E-state index in [-0.39, 0.29) is 6.54 Å². The van der Waals surface area contributed by atoms with Gasteiger partial charge in [-0.1, -0.05) is 6.07 Å². The van der Waals surface area contributed by atoms with Crippen LogP contribution in [0, 0.1) is 18.6 Å². The molecule has 0 unspecified atom stereocenters. The number of halogens is 2. The highest BCUT2D eigenvalue weighted by molar-refractivity contribution is 7.13. The molecule has 0 spiro atoms. The number of primary amides is 1. The van der Waals surface area contributed by atoms with Crippen LogP contribution < -0.4 is 5.73 Å². The summed E-state index contributed by atoms with van der Waals surface area (Å²) >= 11 is 1.39. The van der Waals surface area contributed by atoms with Gasteiger partial charge in [-0.3, -0.25) is 14.8 Å². The van der Waals surface area contributed by atoms with Crippen molar-refractivity contribution in [2.45, 2.75) is 13.5 Å². The third kappa shape index (κ3) is 3.64. The molecule has 2 N–H and O–H groups in total. The summed E-state index contributed by atoms with van der Waals surface area (Å²) < 4.78 is 28.7. The molecule has 1 aromatic carbocycles. The Kier molecular flexibility index (Phi) is 4.89. The van der Waals surface area contributed by atoms with Gasteiger partial charge in [0.05, 0.1) is 23.1 Å². The fourth-order valence-electron chi connectivity index (χ4n) is 3.05. The zero-order valence-corrected chi connectivity index (χ0v) is 16.1. The van der Waals surface area contributed by atoms with Gasteiger partial charge in [-0.15, -0.1) is 11.3 Å². The van der Waals surface area contributed by atoms with E-state index in [0.717, 1.165) is 12.1 Å². The standard InChI is InChI=1S/C20H15F2N5OS/c1-11-13(19(23)28)7-18(27(11)9-12-2-3-14(21)15(22)6-12)17-10-29-20(26-17)16-8-24-4-5-25-16/h2-8,10H,9H2,1H3,(H2,23,28). The SMILES string of the molecule is Cc1c(C(N)=O)cc(-c2csc(-c3cnccn3)n2)n1Cc1ccc(F)c(F)c1. The van der Waals surface area contributed by atoms with Crippen molar-refractivity contribution < 1.29 is 13.6 Å². The van der Waals surface area contributed by atoms with Gasteiger partial charge in [0.1, 0.15) is 10.7 Å². The van der Waals surface area contributed by atoms with E-state index in [1.807, 2.05) is 9.95 Å². The molecular formula is C20H15F2N5OS. The zero-order valence-electron chi connectivity index (χ0n) is 15.3. The van der Waals surface area contributed by atoms with Crippen LogP contribution in [0.15, 0.2) is 48.2 Å². The molecular weight excluding hydrogens is 396 g/mol. The van der Waals surface area contributed by atoms with Gasteiger partial charge in [0.25, 0.3) is 5.91 Å². The van der Waals surface area contributed by atoms with E-state index in [9.17, 15) is 13.6 Å². The molecule has 3 heterocycles. The molecule has 6 nitrogen and oxygen atoms in total. The van der Waals surface area contributed by atoms with Crippen LogP contribution in [0.3, 0.4) is 0 Å². The molecule has 0 saturated heterocycles. The van der Waals surface area contributed by atoms with E-state index < -0.39 is 17.5 Å². The summed E-state index contributed by atoms with van der Waals surface area (Å²) in [6.07, 6.45) is 4.77. The Balaban J connectivity index is 1.79. The first-order valence-electron chi connectivity index (χ1n) is 8.60. The number of hydrogen-bond acceptors (Lipinski definition) is 5. The first kappa shape index (κ1) is 18.9. The number of nitrogens with zero attached hydrogens (tertiary/aromatic N) is 4. The van der Waals surface area contributed by atoms with Gasteiger partial charge in [0.15, 0.2) is 11.6 Å². The minimum Gasteiger partial charge on any atom is -0.366 e. The Morgan fingerprint density at radius 3 is 2.69 bits per heavy atom. The molecule has 0 fully saturated rings. The average molecular weight is 411 g/mol. The van der Waals surface area contributed by atoms with Crippen molar-refractivity contribution in [2.24, 2.45) is 5.73 Å². The van der Waals surface area contributed by atoms with Gasteiger partial charge >= 0.3 is 0 Å². The highest BCUT2D eigenvalue weighted by atomic mass is 32.1. The molecule has 4 aromatic rings. The van der Waals surface area contributed by atoms with Crippen LogP contribution in [0.2, 0.25) is 0 Å². The third-order valence-electron chi connectivity index (χ3n) is 4.51. The van der Waals surface area contributed by atoms with E-state index in [1.165, 1.54) is 17.4 Å². The van der Waals surface area contributed by atoms with Gasteiger partial charge in [-0.2, -0.15) is 0 Å². The molecule has 4 rings (SSSR count). The van der Waals surface area contributed by atoms with E-state index >= 15 is 0 Å². The largest absolute Gasteiger partial charge is 0.366 e. The molecule has 0 radical (unpaired) electrons. The second-order valence-corrected chi connectivity index (χ2v) is 7.21. The summed E-state index contributed by atoms with van der Waals surface area (Å²) in [6.45, 7) is 1.98. The Labute approximate surface area is 168 Å². The summed E-state index contributed by atoms with van der Waals surface area (Å²) in [5, 5.41) is 2.51. The number of nitrogens with two attached hydrogens (primary N) is 1. The van der Waals surface area contributed by atoms with Crippen molar-refractivity contribution in [3.05, 3.63) is 76.7 Å². The minimum absolute atomic E-state index is 0.226. The normalized spacial score (nSPS) is 11.0. The second kappa shape index (κ2) is 7.51. The number of amides is 1. The van der Waals surface area contributed by atoms with Gasteiger partial charge in [0.2, 0.25) is 0 Å². The monoisotopic (exact) mass is 411 g/mol. The molecule has 0 saturated carbocycles. The molecule has 146 valence electrons. The molecule has 0 aliphatic heterocycles. The molecule has 0 aliphatic carbocycles. The Hall–Kier alpha value is -3.46. The Bertz CT molecular complexity index is 1200. The number of rotatable bonds is 5. The van der Waals surface area contributed by atoms with Crippen LogP contribution in [0.1, 0.15) is 21.6 Å². The maximum absolute atomic E-state index is 13.6. The number of carbonyl (C=O) groups is 1. The maximum atomic E-state index is 13.6. The molecule has 1 amide bonds. The fourth-order valence-corrected chi connectivity index (χ4v) is 3.82. The summed E-state index contributed by atoms with van der Waals surface area (Å²) in [5.74, 6) is -2.41. The first-order chi connectivity index (χ1) is 13.9.